The van der Waals surface area contributed by atoms with Crippen molar-refractivity contribution >= 4 is 28.4 Å². The molecule has 22 heavy (non-hydrogen) atoms. The van der Waals surface area contributed by atoms with E-state index in [4.69, 9.17) is 11.6 Å². The lowest BCUT2D eigenvalue weighted by Crippen LogP contribution is -2.20. The number of rotatable bonds is 4. The number of nitrogens with zero attached hydrogens (tertiary/aromatic N) is 1. The number of benzene rings is 2. The molecule has 3 rings (SSSR count). The van der Waals surface area contributed by atoms with Crippen molar-refractivity contribution in [3.05, 3.63) is 87.8 Å². The van der Waals surface area contributed by atoms with Gasteiger partial charge in [0, 0.05) is 11.9 Å². The van der Waals surface area contributed by atoms with Crippen LogP contribution in [0.3, 0.4) is 0 Å². The van der Waals surface area contributed by atoms with E-state index in [9.17, 15) is 4.79 Å². The van der Waals surface area contributed by atoms with Gasteiger partial charge in [-0.05, 0) is 29.5 Å². The van der Waals surface area contributed by atoms with Gasteiger partial charge >= 0.3 is 0 Å². The molecule has 0 atom stereocenters. The Morgan fingerprint density at radius 2 is 1.73 bits per heavy atom. The van der Waals surface area contributed by atoms with Crippen LogP contribution in [0.2, 0.25) is 5.15 Å². The maximum atomic E-state index is 12.5. The predicted molar refractivity (Wildman–Crippen MR) is 93.3 cm³/mol. The number of aromatic nitrogens is 1. The van der Waals surface area contributed by atoms with Crippen molar-refractivity contribution in [1.29, 1.82) is 0 Å². The van der Waals surface area contributed by atoms with Gasteiger partial charge in [-0.15, -0.1) is 0 Å². The number of fused-ring (bicyclic) bond motifs is 1. The quantitative estimate of drug-likeness (QED) is 0.637. The van der Waals surface area contributed by atoms with E-state index in [1.165, 1.54) is 0 Å². The lowest BCUT2D eigenvalue weighted by atomic mass is 10.1. The molecule has 0 aliphatic rings. The maximum absolute atomic E-state index is 12.5. The summed E-state index contributed by atoms with van der Waals surface area (Å²) in [5, 5.41) is 2.07. The van der Waals surface area contributed by atoms with Crippen LogP contribution in [-0.2, 0) is 6.54 Å². The minimum atomic E-state index is -0.0313. The zero-order valence-electron chi connectivity index (χ0n) is 12.1. The van der Waals surface area contributed by atoms with E-state index in [2.05, 4.69) is 12.2 Å². The van der Waals surface area contributed by atoms with E-state index in [-0.39, 0.29) is 5.56 Å². The van der Waals surface area contributed by atoms with Gasteiger partial charge in [0.15, 0.2) is 0 Å². The van der Waals surface area contributed by atoms with Crippen LogP contribution in [0, 0.1) is 0 Å². The first-order valence-corrected chi connectivity index (χ1v) is 7.63. The SMILES string of the molecule is O=c1c2ccccc2cc(Cl)n1CC/C=C/c1ccccc1. The monoisotopic (exact) mass is 309 g/mol. The Morgan fingerprint density at radius 1 is 1.00 bits per heavy atom. The number of allylic oxidation sites excluding steroid dienone is 1. The van der Waals surface area contributed by atoms with E-state index in [0.717, 1.165) is 17.4 Å². The molecule has 0 spiro atoms. The standard InChI is InChI=1S/C19H16ClNO/c20-18-14-16-11-4-5-12-17(16)19(22)21(18)13-7-6-10-15-8-2-1-3-9-15/h1-6,8-12,14H,7,13H2/b10-6+. The molecule has 0 aliphatic heterocycles. The Morgan fingerprint density at radius 3 is 2.55 bits per heavy atom. The van der Waals surface area contributed by atoms with Gasteiger partial charge in [-0.25, -0.2) is 0 Å². The Hall–Kier alpha value is -2.32. The molecule has 3 heteroatoms. The molecular formula is C19H16ClNO. The first-order chi connectivity index (χ1) is 10.8. The normalized spacial score (nSPS) is 11.3. The Labute approximate surface area is 134 Å². The highest BCUT2D eigenvalue weighted by Gasteiger charge is 2.06. The van der Waals surface area contributed by atoms with Gasteiger partial charge in [0.2, 0.25) is 0 Å². The summed E-state index contributed by atoms with van der Waals surface area (Å²) in [6, 6.07) is 19.5. The van der Waals surface area contributed by atoms with Crippen LogP contribution in [0.5, 0.6) is 0 Å². The Bertz CT molecular complexity index is 865. The summed E-state index contributed by atoms with van der Waals surface area (Å²) in [4.78, 5) is 12.5. The molecule has 0 N–H and O–H groups in total. The Balaban J connectivity index is 1.80. The van der Waals surface area contributed by atoms with Crippen molar-refractivity contribution in [2.24, 2.45) is 0 Å². The molecule has 1 aromatic heterocycles. The molecule has 0 aliphatic carbocycles. The summed E-state index contributed by atoms with van der Waals surface area (Å²) in [6.07, 6.45) is 4.88. The van der Waals surface area contributed by atoms with Gasteiger partial charge < -0.3 is 0 Å². The number of hydrogen-bond donors (Lipinski definition) is 0. The van der Waals surface area contributed by atoms with Crippen LogP contribution in [-0.4, -0.2) is 4.57 Å². The number of halogens is 1. The second kappa shape index (κ2) is 6.63. The smallest absolute Gasteiger partial charge is 0.259 e. The highest BCUT2D eigenvalue weighted by Crippen LogP contribution is 2.16. The lowest BCUT2D eigenvalue weighted by Gasteiger charge is -2.08. The third-order valence-corrected chi connectivity index (χ3v) is 3.91. The Kier molecular flexibility index (Phi) is 4.40. The summed E-state index contributed by atoms with van der Waals surface area (Å²) in [7, 11) is 0. The first kappa shape index (κ1) is 14.6. The summed E-state index contributed by atoms with van der Waals surface area (Å²) < 4.78 is 1.62. The molecule has 0 saturated carbocycles. The van der Waals surface area contributed by atoms with Crippen LogP contribution in [0.15, 0.2) is 71.5 Å². The van der Waals surface area contributed by atoms with E-state index in [1.807, 2.05) is 60.7 Å². The fourth-order valence-corrected chi connectivity index (χ4v) is 2.74. The highest BCUT2D eigenvalue weighted by molar-refractivity contribution is 6.30. The predicted octanol–water partition coefficient (Wildman–Crippen LogP) is 4.76. The first-order valence-electron chi connectivity index (χ1n) is 7.25. The van der Waals surface area contributed by atoms with Crippen molar-refractivity contribution in [3.63, 3.8) is 0 Å². The molecule has 110 valence electrons. The van der Waals surface area contributed by atoms with Crippen LogP contribution >= 0.6 is 11.6 Å². The largest absolute Gasteiger partial charge is 0.298 e. The fourth-order valence-electron chi connectivity index (χ4n) is 2.46. The van der Waals surface area contributed by atoms with Crippen LogP contribution in [0.25, 0.3) is 16.8 Å². The summed E-state index contributed by atoms with van der Waals surface area (Å²) in [6.45, 7) is 0.575. The zero-order valence-corrected chi connectivity index (χ0v) is 12.8. The van der Waals surface area contributed by atoms with E-state index in [0.29, 0.717) is 17.1 Å². The van der Waals surface area contributed by atoms with E-state index >= 15 is 0 Å². The van der Waals surface area contributed by atoms with Gasteiger partial charge in [-0.3, -0.25) is 9.36 Å². The number of pyridine rings is 1. The highest BCUT2D eigenvalue weighted by atomic mass is 35.5. The molecule has 2 nitrogen and oxygen atoms in total. The van der Waals surface area contributed by atoms with Crippen molar-refractivity contribution in [2.75, 3.05) is 0 Å². The van der Waals surface area contributed by atoms with Gasteiger partial charge in [0.25, 0.3) is 5.56 Å². The van der Waals surface area contributed by atoms with Gasteiger partial charge in [0.1, 0.15) is 5.15 Å². The zero-order chi connectivity index (χ0) is 15.4. The molecule has 2 aromatic carbocycles. The summed E-state index contributed by atoms with van der Waals surface area (Å²) >= 11 is 6.24. The topological polar surface area (TPSA) is 22.0 Å². The molecule has 0 fully saturated rings. The van der Waals surface area contributed by atoms with Crippen molar-refractivity contribution < 1.29 is 0 Å². The second-order valence-corrected chi connectivity index (χ2v) is 5.50. The van der Waals surface area contributed by atoms with Crippen LogP contribution in [0.4, 0.5) is 0 Å². The summed E-state index contributed by atoms with van der Waals surface area (Å²) in [5.74, 6) is 0. The number of hydrogen-bond acceptors (Lipinski definition) is 1. The van der Waals surface area contributed by atoms with Crippen LogP contribution in [0.1, 0.15) is 12.0 Å². The molecule has 0 bridgehead atoms. The third kappa shape index (κ3) is 3.12. The van der Waals surface area contributed by atoms with Crippen LogP contribution < -0.4 is 5.56 Å². The lowest BCUT2D eigenvalue weighted by molar-refractivity contribution is 0.689. The van der Waals surface area contributed by atoms with Crippen molar-refractivity contribution in [3.8, 4) is 0 Å². The summed E-state index contributed by atoms with van der Waals surface area (Å²) in [5.41, 5.74) is 1.12. The van der Waals surface area contributed by atoms with Gasteiger partial charge in [-0.2, -0.15) is 0 Å². The van der Waals surface area contributed by atoms with Gasteiger partial charge in [0.05, 0.1) is 0 Å². The molecular weight excluding hydrogens is 294 g/mol. The van der Waals surface area contributed by atoms with Crippen molar-refractivity contribution in [2.45, 2.75) is 13.0 Å². The molecule has 3 aromatic rings. The molecule has 0 radical (unpaired) electrons. The van der Waals surface area contributed by atoms with E-state index in [1.54, 1.807) is 4.57 Å². The second-order valence-electron chi connectivity index (χ2n) is 5.11. The molecule has 1 heterocycles. The molecule has 0 unspecified atom stereocenters. The minimum Gasteiger partial charge on any atom is -0.298 e. The third-order valence-electron chi connectivity index (χ3n) is 3.60. The van der Waals surface area contributed by atoms with Crippen molar-refractivity contribution in [1.82, 2.24) is 4.57 Å². The maximum Gasteiger partial charge on any atom is 0.259 e. The average molecular weight is 310 g/mol. The molecule has 0 saturated heterocycles. The molecule has 0 amide bonds. The van der Waals surface area contributed by atoms with Gasteiger partial charge in [-0.1, -0.05) is 72.3 Å². The average Bonchev–Trinajstić information content (AvgIpc) is 2.55. The van der Waals surface area contributed by atoms with E-state index < -0.39 is 0 Å². The minimum absolute atomic E-state index is 0.0313. The fraction of sp³-hybridized carbons (Fsp3) is 0.105.